The average Bonchev–Trinajstić information content (AvgIpc) is 3.49. The molecule has 1 N–H and O–H groups in total. The first-order valence-corrected chi connectivity index (χ1v) is 10.5. The highest BCUT2D eigenvalue weighted by Crippen LogP contribution is 2.26. The first kappa shape index (κ1) is 19.0. The molecule has 3 heterocycles. The van der Waals surface area contributed by atoms with Crippen molar-refractivity contribution in [2.75, 3.05) is 11.1 Å². The molecule has 9 heteroatoms. The number of anilines is 1. The van der Waals surface area contributed by atoms with E-state index in [1.165, 1.54) is 23.1 Å². The molecule has 3 aromatic heterocycles. The third-order valence-corrected chi connectivity index (χ3v) is 5.81. The van der Waals surface area contributed by atoms with Gasteiger partial charge in [0.15, 0.2) is 11.0 Å². The maximum atomic E-state index is 12.3. The minimum atomic E-state index is -0.206. The molecule has 0 saturated heterocycles. The Balaban J connectivity index is 1.53. The SMILES string of the molecule is N#Cc1ccsc1NC(=O)CSc1nnc(-c2ccccc2)n1Cc1ccco1. The van der Waals surface area contributed by atoms with E-state index in [1.54, 1.807) is 17.7 Å². The van der Waals surface area contributed by atoms with Crippen molar-refractivity contribution in [2.45, 2.75) is 11.7 Å². The van der Waals surface area contributed by atoms with Crippen LogP contribution in [0.1, 0.15) is 11.3 Å². The zero-order chi connectivity index (χ0) is 20.1. The van der Waals surface area contributed by atoms with Gasteiger partial charge in [0.2, 0.25) is 5.91 Å². The summed E-state index contributed by atoms with van der Waals surface area (Å²) < 4.78 is 7.41. The number of hydrogen-bond acceptors (Lipinski definition) is 7. The minimum absolute atomic E-state index is 0.147. The lowest BCUT2D eigenvalue weighted by molar-refractivity contribution is -0.113. The van der Waals surface area contributed by atoms with Crippen molar-refractivity contribution < 1.29 is 9.21 Å². The number of nitrogens with one attached hydrogen (secondary N) is 1. The molecular weight excluding hydrogens is 406 g/mol. The third-order valence-electron chi connectivity index (χ3n) is 4.01. The molecule has 0 atom stereocenters. The standard InChI is InChI=1S/C20H15N5O2S2/c21-11-15-8-10-28-19(15)22-17(26)13-29-20-24-23-18(14-5-2-1-3-6-14)25(20)12-16-7-4-9-27-16/h1-10H,12-13H2,(H,22,26). The van der Waals surface area contributed by atoms with E-state index >= 15 is 0 Å². The maximum Gasteiger partial charge on any atom is 0.235 e. The van der Waals surface area contributed by atoms with Gasteiger partial charge < -0.3 is 9.73 Å². The third kappa shape index (κ3) is 4.39. The molecule has 0 bridgehead atoms. The van der Waals surface area contributed by atoms with Crippen LogP contribution in [0.4, 0.5) is 5.00 Å². The Morgan fingerprint density at radius 2 is 2.07 bits per heavy atom. The molecule has 0 saturated carbocycles. The summed E-state index contributed by atoms with van der Waals surface area (Å²) in [5, 5.41) is 23.4. The Labute approximate surface area is 175 Å². The highest BCUT2D eigenvalue weighted by Gasteiger charge is 2.17. The number of nitriles is 1. The van der Waals surface area contributed by atoms with Crippen molar-refractivity contribution in [3.05, 3.63) is 71.5 Å². The monoisotopic (exact) mass is 421 g/mol. The van der Waals surface area contributed by atoms with Crippen LogP contribution < -0.4 is 5.32 Å². The van der Waals surface area contributed by atoms with E-state index in [1.807, 2.05) is 47.0 Å². The molecule has 29 heavy (non-hydrogen) atoms. The van der Waals surface area contributed by atoms with Gasteiger partial charge in [-0.05, 0) is 23.6 Å². The highest BCUT2D eigenvalue weighted by molar-refractivity contribution is 7.99. The predicted octanol–water partition coefficient (Wildman–Crippen LogP) is 4.25. The Morgan fingerprint density at radius 1 is 1.21 bits per heavy atom. The lowest BCUT2D eigenvalue weighted by atomic mass is 10.2. The van der Waals surface area contributed by atoms with Gasteiger partial charge in [0, 0.05) is 5.56 Å². The molecule has 4 aromatic rings. The molecule has 0 fully saturated rings. The molecule has 1 aromatic carbocycles. The minimum Gasteiger partial charge on any atom is -0.467 e. The lowest BCUT2D eigenvalue weighted by Crippen LogP contribution is -2.14. The van der Waals surface area contributed by atoms with Crippen molar-refractivity contribution in [3.63, 3.8) is 0 Å². The number of carbonyl (C=O) groups is 1. The fraction of sp³-hybridized carbons (Fsp3) is 0.100. The number of nitrogens with zero attached hydrogens (tertiary/aromatic N) is 4. The van der Waals surface area contributed by atoms with E-state index in [2.05, 4.69) is 21.6 Å². The van der Waals surface area contributed by atoms with Gasteiger partial charge >= 0.3 is 0 Å². The van der Waals surface area contributed by atoms with Crippen molar-refractivity contribution in [1.29, 1.82) is 5.26 Å². The molecule has 0 radical (unpaired) electrons. The van der Waals surface area contributed by atoms with Gasteiger partial charge in [0.05, 0.1) is 24.1 Å². The summed E-state index contributed by atoms with van der Waals surface area (Å²) in [5.41, 5.74) is 1.39. The van der Waals surface area contributed by atoms with Crippen LogP contribution in [-0.4, -0.2) is 26.4 Å². The van der Waals surface area contributed by atoms with Crippen molar-refractivity contribution in [1.82, 2.24) is 14.8 Å². The van der Waals surface area contributed by atoms with Crippen molar-refractivity contribution >= 4 is 34.0 Å². The fourth-order valence-corrected chi connectivity index (χ4v) is 4.18. The average molecular weight is 422 g/mol. The fourth-order valence-electron chi connectivity index (χ4n) is 2.68. The van der Waals surface area contributed by atoms with E-state index in [0.717, 1.165) is 11.3 Å². The zero-order valence-corrected chi connectivity index (χ0v) is 16.7. The van der Waals surface area contributed by atoms with E-state index in [4.69, 9.17) is 9.68 Å². The van der Waals surface area contributed by atoms with Gasteiger partial charge in [-0.3, -0.25) is 9.36 Å². The molecule has 7 nitrogen and oxygen atoms in total. The number of thiophene rings is 1. The van der Waals surface area contributed by atoms with Crippen molar-refractivity contribution in [3.8, 4) is 17.5 Å². The van der Waals surface area contributed by atoms with Crippen LogP contribution in [0.15, 0.2) is 69.7 Å². The normalized spacial score (nSPS) is 10.6. The Hall–Kier alpha value is -3.35. The van der Waals surface area contributed by atoms with Crippen LogP contribution in [0.25, 0.3) is 11.4 Å². The summed E-state index contributed by atoms with van der Waals surface area (Å²) in [7, 11) is 0. The zero-order valence-electron chi connectivity index (χ0n) is 15.1. The largest absolute Gasteiger partial charge is 0.467 e. The molecular formula is C20H15N5O2S2. The summed E-state index contributed by atoms with van der Waals surface area (Å²) in [4.78, 5) is 12.3. The second kappa shape index (κ2) is 8.77. The molecule has 0 aliphatic carbocycles. The van der Waals surface area contributed by atoms with Crippen LogP contribution in [0.2, 0.25) is 0 Å². The van der Waals surface area contributed by atoms with E-state index in [0.29, 0.717) is 28.1 Å². The Bertz CT molecular complexity index is 1140. The topological polar surface area (TPSA) is 96.7 Å². The predicted molar refractivity (Wildman–Crippen MR) is 112 cm³/mol. The molecule has 0 spiro atoms. The maximum absolute atomic E-state index is 12.3. The number of aromatic nitrogens is 3. The lowest BCUT2D eigenvalue weighted by Gasteiger charge is -2.09. The number of carbonyl (C=O) groups excluding carboxylic acids is 1. The second-order valence-electron chi connectivity index (χ2n) is 5.95. The molecule has 0 aliphatic heterocycles. The summed E-state index contributed by atoms with van der Waals surface area (Å²) >= 11 is 2.61. The van der Waals surface area contributed by atoms with Crippen LogP contribution in [-0.2, 0) is 11.3 Å². The molecule has 0 aliphatic rings. The van der Waals surface area contributed by atoms with Gasteiger partial charge in [-0.15, -0.1) is 21.5 Å². The van der Waals surface area contributed by atoms with Crippen LogP contribution in [0.3, 0.4) is 0 Å². The summed E-state index contributed by atoms with van der Waals surface area (Å²) in [6, 6.07) is 17.2. The molecule has 1 amide bonds. The number of hydrogen-bond donors (Lipinski definition) is 1. The van der Waals surface area contributed by atoms with Crippen LogP contribution in [0.5, 0.6) is 0 Å². The van der Waals surface area contributed by atoms with Gasteiger partial charge in [-0.2, -0.15) is 5.26 Å². The summed E-state index contributed by atoms with van der Waals surface area (Å²) in [6.45, 7) is 0.456. The van der Waals surface area contributed by atoms with Crippen LogP contribution in [0, 0.1) is 11.3 Å². The smallest absolute Gasteiger partial charge is 0.235 e. The number of thioether (sulfide) groups is 1. The first-order chi connectivity index (χ1) is 14.2. The highest BCUT2D eigenvalue weighted by atomic mass is 32.2. The molecule has 0 unspecified atom stereocenters. The summed E-state index contributed by atoms with van der Waals surface area (Å²) in [6.07, 6.45) is 1.62. The molecule has 4 rings (SSSR count). The number of benzene rings is 1. The summed E-state index contributed by atoms with van der Waals surface area (Å²) in [5.74, 6) is 1.41. The van der Waals surface area contributed by atoms with Gasteiger partial charge in [-0.1, -0.05) is 42.1 Å². The first-order valence-electron chi connectivity index (χ1n) is 8.66. The quantitative estimate of drug-likeness (QED) is 0.448. The molecule has 144 valence electrons. The Morgan fingerprint density at radius 3 is 2.83 bits per heavy atom. The van der Waals surface area contributed by atoms with E-state index in [9.17, 15) is 4.79 Å². The second-order valence-corrected chi connectivity index (χ2v) is 7.81. The van der Waals surface area contributed by atoms with E-state index < -0.39 is 0 Å². The van der Waals surface area contributed by atoms with Gasteiger partial charge in [0.1, 0.15) is 16.8 Å². The van der Waals surface area contributed by atoms with Gasteiger partial charge in [0.25, 0.3) is 0 Å². The van der Waals surface area contributed by atoms with E-state index in [-0.39, 0.29) is 11.7 Å². The van der Waals surface area contributed by atoms with Crippen molar-refractivity contribution in [2.24, 2.45) is 0 Å². The number of furan rings is 1. The number of amides is 1. The van der Waals surface area contributed by atoms with Crippen LogP contribution >= 0.6 is 23.1 Å². The Kier molecular flexibility index (Phi) is 5.74. The number of rotatable bonds is 7. The van der Waals surface area contributed by atoms with Gasteiger partial charge in [-0.25, -0.2) is 0 Å².